The second kappa shape index (κ2) is 7.21. The van der Waals surface area contributed by atoms with E-state index in [1.807, 2.05) is 13.8 Å². The number of pyridine rings is 1. The van der Waals surface area contributed by atoms with Gasteiger partial charge in [-0.15, -0.1) is 0 Å². The fourth-order valence-electron chi connectivity index (χ4n) is 2.52. The van der Waals surface area contributed by atoms with Gasteiger partial charge in [-0.25, -0.2) is 4.79 Å². The number of hydrogen-bond acceptors (Lipinski definition) is 4. The van der Waals surface area contributed by atoms with E-state index in [0.29, 0.717) is 0 Å². The topological polar surface area (TPSA) is 99.6 Å². The summed E-state index contributed by atoms with van der Waals surface area (Å²) in [5, 5.41) is 11.6. The molecule has 0 bridgehead atoms. The summed E-state index contributed by atoms with van der Waals surface area (Å²) in [6.07, 6.45) is 3.11. The fourth-order valence-corrected chi connectivity index (χ4v) is 2.52. The number of nitrogens with one attached hydrogen (secondary N) is 1. The Bertz CT molecular complexity index is 592. The maximum Gasteiger partial charge on any atom is 0.337 e. The van der Waals surface area contributed by atoms with E-state index in [1.54, 1.807) is 4.90 Å². The summed E-state index contributed by atoms with van der Waals surface area (Å²) in [6, 6.07) is 2.05. The van der Waals surface area contributed by atoms with Gasteiger partial charge in [0, 0.05) is 19.3 Å². The molecule has 124 valence electrons. The predicted molar refractivity (Wildman–Crippen MR) is 83.1 cm³/mol. The van der Waals surface area contributed by atoms with Gasteiger partial charge in [-0.3, -0.25) is 14.6 Å². The van der Waals surface area contributed by atoms with Crippen molar-refractivity contribution in [3.8, 4) is 0 Å². The van der Waals surface area contributed by atoms with Crippen LogP contribution < -0.4 is 5.32 Å². The predicted octanol–water partition coefficient (Wildman–Crippen LogP) is 1.16. The number of aromatic nitrogens is 1. The van der Waals surface area contributed by atoms with Crippen LogP contribution in [0.4, 0.5) is 0 Å². The lowest BCUT2D eigenvalue weighted by Crippen LogP contribution is -2.50. The van der Waals surface area contributed by atoms with Gasteiger partial charge in [-0.05, 0) is 30.9 Å². The van der Waals surface area contributed by atoms with Gasteiger partial charge >= 0.3 is 5.97 Å². The number of carbonyl (C=O) groups excluding carboxylic acids is 2. The van der Waals surface area contributed by atoms with Crippen LogP contribution in [-0.4, -0.2) is 51.9 Å². The molecule has 0 aliphatic carbocycles. The lowest BCUT2D eigenvalue weighted by molar-refractivity contribution is -0.133. The molecular weight excluding hydrogens is 298 g/mol. The molecule has 1 aromatic heterocycles. The number of rotatable bonds is 5. The van der Waals surface area contributed by atoms with Crippen molar-refractivity contribution >= 4 is 17.8 Å². The van der Waals surface area contributed by atoms with Gasteiger partial charge in [-0.1, -0.05) is 13.8 Å². The Morgan fingerprint density at radius 1 is 1.22 bits per heavy atom. The Balaban J connectivity index is 2.08. The number of nitrogens with zero attached hydrogens (tertiary/aromatic N) is 2. The van der Waals surface area contributed by atoms with Crippen LogP contribution in [0.2, 0.25) is 0 Å². The van der Waals surface area contributed by atoms with Crippen molar-refractivity contribution < 1.29 is 19.5 Å². The van der Waals surface area contributed by atoms with E-state index in [1.165, 1.54) is 12.1 Å². The Morgan fingerprint density at radius 2 is 1.87 bits per heavy atom. The van der Waals surface area contributed by atoms with Crippen molar-refractivity contribution in [2.45, 2.75) is 32.7 Å². The number of hydrogen-bond donors (Lipinski definition) is 2. The molecule has 0 spiro atoms. The van der Waals surface area contributed by atoms with Gasteiger partial charge < -0.3 is 15.3 Å². The molecule has 0 unspecified atom stereocenters. The van der Waals surface area contributed by atoms with E-state index in [0.717, 1.165) is 32.1 Å². The summed E-state index contributed by atoms with van der Waals surface area (Å²) in [7, 11) is 0. The van der Waals surface area contributed by atoms with E-state index in [4.69, 9.17) is 5.11 Å². The van der Waals surface area contributed by atoms with Gasteiger partial charge in [0.2, 0.25) is 5.91 Å². The summed E-state index contributed by atoms with van der Waals surface area (Å²) in [5.74, 6) is -1.71. The van der Waals surface area contributed by atoms with E-state index in [2.05, 4.69) is 10.3 Å². The Hall–Kier alpha value is -2.44. The van der Waals surface area contributed by atoms with Crippen LogP contribution in [0, 0.1) is 5.92 Å². The Kier molecular flexibility index (Phi) is 5.31. The summed E-state index contributed by atoms with van der Waals surface area (Å²) in [5.41, 5.74) is 0.102. The first-order valence-electron chi connectivity index (χ1n) is 7.69. The molecule has 2 heterocycles. The molecule has 2 amide bonds. The first-order chi connectivity index (χ1) is 10.9. The third-order valence-corrected chi connectivity index (χ3v) is 3.88. The van der Waals surface area contributed by atoms with Crippen LogP contribution >= 0.6 is 0 Å². The molecule has 1 atom stereocenters. The normalized spacial score (nSPS) is 15.5. The molecular formula is C16H21N3O4. The third kappa shape index (κ3) is 4.06. The van der Waals surface area contributed by atoms with Crippen molar-refractivity contribution in [3.05, 3.63) is 29.6 Å². The lowest BCUT2D eigenvalue weighted by Gasteiger charge is -2.26. The minimum atomic E-state index is -1.10. The Morgan fingerprint density at radius 3 is 2.35 bits per heavy atom. The van der Waals surface area contributed by atoms with Crippen LogP contribution in [0.3, 0.4) is 0 Å². The van der Waals surface area contributed by atoms with Crippen LogP contribution in [0.15, 0.2) is 18.3 Å². The first-order valence-corrected chi connectivity index (χ1v) is 7.69. The highest BCUT2D eigenvalue weighted by molar-refractivity contribution is 5.97. The number of aromatic carboxylic acids is 1. The minimum absolute atomic E-state index is 0.00935. The van der Waals surface area contributed by atoms with Crippen molar-refractivity contribution in [3.63, 3.8) is 0 Å². The largest absolute Gasteiger partial charge is 0.478 e. The highest BCUT2D eigenvalue weighted by atomic mass is 16.4. The molecule has 1 fully saturated rings. The van der Waals surface area contributed by atoms with E-state index in [-0.39, 0.29) is 23.1 Å². The quantitative estimate of drug-likeness (QED) is 0.848. The van der Waals surface area contributed by atoms with Crippen LogP contribution in [0.5, 0.6) is 0 Å². The van der Waals surface area contributed by atoms with Gasteiger partial charge in [0.25, 0.3) is 5.91 Å². The first kappa shape index (κ1) is 16.9. The molecule has 2 rings (SSSR count). The second-order valence-corrected chi connectivity index (χ2v) is 5.96. The highest BCUT2D eigenvalue weighted by Crippen LogP contribution is 2.13. The molecule has 2 N–H and O–H groups in total. The summed E-state index contributed by atoms with van der Waals surface area (Å²) >= 11 is 0. The zero-order chi connectivity index (χ0) is 17.0. The molecule has 0 aromatic carbocycles. The highest BCUT2D eigenvalue weighted by Gasteiger charge is 2.30. The zero-order valence-corrected chi connectivity index (χ0v) is 13.3. The third-order valence-electron chi connectivity index (χ3n) is 3.88. The molecule has 1 aliphatic heterocycles. The maximum absolute atomic E-state index is 12.5. The van der Waals surface area contributed by atoms with E-state index in [9.17, 15) is 14.4 Å². The molecule has 23 heavy (non-hydrogen) atoms. The smallest absolute Gasteiger partial charge is 0.337 e. The standard InChI is InChI=1S/C16H21N3O4/c1-10(2)13(15(21)19-7-3-4-8-19)18-14(20)12-6-5-11(9-17-12)16(22)23/h5-6,9-10,13H,3-4,7-8H2,1-2H3,(H,18,20)(H,22,23)/t13-/m0/s1. The van der Waals surface area contributed by atoms with Crippen LogP contribution in [0.1, 0.15) is 47.5 Å². The number of amides is 2. The Labute approximate surface area is 134 Å². The average molecular weight is 319 g/mol. The number of carboxylic acid groups (broad SMARTS) is 1. The number of carbonyl (C=O) groups is 3. The molecule has 7 heteroatoms. The number of likely N-dealkylation sites (tertiary alicyclic amines) is 1. The fraction of sp³-hybridized carbons (Fsp3) is 0.500. The SMILES string of the molecule is CC(C)[C@H](NC(=O)c1ccc(C(=O)O)cn1)C(=O)N1CCCC1. The second-order valence-electron chi connectivity index (χ2n) is 5.96. The maximum atomic E-state index is 12.5. The van der Waals surface area contributed by atoms with Gasteiger partial charge in [-0.2, -0.15) is 0 Å². The van der Waals surface area contributed by atoms with E-state index >= 15 is 0 Å². The molecule has 0 saturated carbocycles. The van der Waals surface area contributed by atoms with Crippen LogP contribution in [0.25, 0.3) is 0 Å². The van der Waals surface area contributed by atoms with Crippen molar-refractivity contribution in [1.29, 1.82) is 0 Å². The monoisotopic (exact) mass is 319 g/mol. The molecule has 1 saturated heterocycles. The summed E-state index contributed by atoms with van der Waals surface area (Å²) < 4.78 is 0. The molecule has 1 aliphatic rings. The van der Waals surface area contributed by atoms with Gasteiger partial charge in [0.05, 0.1) is 5.56 Å². The number of carboxylic acids is 1. The average Bonchev–Trinajstić information content (AvgIpc) is 3.06. The van der Waals surface area contributed by atoms with Gasteiger partial charge in [0.1, 0.15) is 11.7 Å². The lowest BCUT2D eigenvalue weighted by atomic mass is 10.0. The summed E-state index contributed by atoms with van der Waals surface area (Å²) in [4.78, 5) is 41.2. The zero-order valence-electron chi connectivity index (χ0n) is 13.3. The minimum Gasteiger partial charge on any atom is -0.478 e. The molecule has 7 nitrogen and oxygen atoms in total. The molecule has 0 radical (unpaired) electrons. The van der Waals surface area contributed by atoms with E-state index < -0.39 is 17.9 Å². The summed E-state index contributed by atoms with van der Waals surface area (Å²) in [6.45, 7) is 5.20. The van der Waals surface area contributed by atoms with Crippen molar-refractivity contribution in [1.82, 2.24) is 15.2 Å². The van der Waals surface area contributed by atoms with Crippen molar-refractivity contribution in [2.24, 2.45) is 5.92 Å². The van der Waals surface area contributed by atoms with Crippen molar-refractivity contribution in [2.75, 3.05) is 13.1 Å². The van der Waals surface area contributed by atoms with Gasteiger partial charge in [0.15, 0.2) is 0 Å². The molecule has 1 aromatic rings. The van der Waals surface area contributed by atoms with Crippen LogP contribution in [-0.2, 0) is 4.79 Å².